The van der Waals surface area contributed by atoms with Gasteiger partial charge in [0.25, 0.3) is 5.56 Å². The highest BCUT2D eigenvalue weighted by Crippen LogP contribution is 2.26. The first kappa shape index (κ1) is 17.9. The van der Waals surface area contributed by atoms with E-state index in [-0.39, 0.29) is 6.10 Å². The number of ether oxygens (including phenoxy) is 1. The zero-order valence-electron chi connectivity index (χ0n) is 14.4. The summed E-state index contributed by atoms with van der Waals surface area (Å²) in [5.74, 6) is 0.582. The highest BCUT2D eigenvalue weighted by atomic mass is 35.5. The van der Waals surface area contributed by atoms with Crippen molar-refractivity contribution in [1.29, 1.82) is 0 Å². The van der Waals surface area contributed by atoms with Crippen LogP contribution in [-0.4, -0.2) is 22.0 Å². The lowest BCUT2D eigenvalue weighted by Gasteiger charge is -2.13. The van der Waals surface area contributed by atoms with Gasteiger partial charge in [0.1, 0.15) is 5.75 Å². The van der Waals surface area contributed by atoms with Crippen molar-refractivity contribution < 1.29 is 4.74 Å². The Morgan fingerprint density at radius 3 is 2.77 bits per heavy atom. The second-order valence-electron chi connectivity index (χ2n) is 5.86. The molecule has 0 aliphatic carbocycles. The Hall–Kier alpha value is -2.86. The SMILES string of the molecule is CCC(C)Oc1ccc(C=Nn2c(=O)[nH]c3ccccc3c2=O)cc1Cl. The van der Waals surface area contributed by atoms with E-state index in [0.29, 0.717) is 27.2 Å². The van der Waals surface area contributed by atoms with Gasteiger partial charge in [-0.3, -0.25) is 4.79 Å². The number of halogens is 1. The molecule has 3 aromatic rings. The van der Waals surface area contributed by atoms with Crippen molar-refractivity contribution in [3.63, 3.8) is 0 Å². The zero-order valence-corrected chi connectivity index (χ0v) is 15.2. The van der Waals surface area contributed by atoms with E-state index < -0.39 is 11.2 Å². The first-order valence-corrected chi connectivity index (χ1v) is 8.62. The molecule has 0 saturated heterocycles. The summed E-state index contributed by atoms with van der Waals surface area (Å²) in [6.07, 6.45) is 2.33. The van der Waals surface area contributed by atoms with Crippen molar-refractivity contribution in [3.05, 3.63) is 73.9 Å². The van der Waals surface area contributed by atoms with Gasteiger partial charge in [-0.1, -0.05) is 30.7 Å². The lowest BCUT2D eigenvalue weighted by atomic mass is 10.2. The Labute approximate surface area is 154 Å². The van der Waals surface area contributed by atoms with E-state index in [1.807, 2.05) is 13.8 Å². The largest absolute Gasteiger partial charge is 0.489 e. The van der Waals surface area contributed by atoms with Crippen molar-refractivity contribution in [2.75, 3.05) is 0 Å². The summed E-state index contributed by atoms with van der Waals surface area (Å²) in [5, 5.41) is 4.84. The number of hydrogen-bond acceptors (Lipinski definition) is 4. The number of hydrogen-bond donors (Lipinski definition) is 1. The average Bonchev–Trinajstić information content (AvgIpc) is 2.63. The van der Waals surface area contributed by atoms with Crippen molar-refractivity contribution in [2.45, 2.75) is 26.4 Å². The molecule has 2 aromatic carbocycles. The Kier molecular flexibility index (Phi) is 5.23. The molecule has 0 aliphatic heterocycles. The minimum Gasteiger partial charge on any atom is -0.489 e. The summed E-state index contributed by atoms with van der Waals surface area (Å²) >= 11 is 6.23. The monoisotopic (exact) mass is 371 g/mol. The lowest BCUT2D eigenvalue weighted by molar-refractivity contribution is 0.217. The second kappa shape index (κ2) is 7.58. The van der Waals surface area contributed by atoms with Crippen molar-refractivity contribution in [2.24, 2.45) is 5.10 Å². The van der Waals surface area contributed by atoms with Crippen LogP contribution in [0.4, 0.5) is 0 Å². The number of benzene rings is 2. The normalized spacial score (nSPS) is 12.6. The summed E-state index contributed by atoms with van der Waals surface area (Å²) in [7, 11) is 0. The van der Waals surface area contributed by atoms with Crippen molar-refractivity contribution in [1.82, 2.24) is 9.66 Å². The molecule has 0 aliphatic rings. The zero-order chi connectivity index (χ0) is 18.7. The lowest BCUT2D eigenvalue weighted by Crippen LogP contribution is -2.32. The molecule has 0 amide bonds. The molecule has 1 atom stereocenters. The van der Waals surface area contributed by atoms with Gasteiger partial charge in [-0.25, -0.2) is 4.79 Å². The minimum atomic E-state index is -0.604. The molecule has 3 rings (SSSR count). The molecule has 0 bridgehead atoms. The van der Waals surface area contributed by atoms with Crippen LogP contribution in [0, 0.1) is 0 Å². The average molecular weight is 372 g/mol. The van der Waals surface area contributed by atoms with E-state index in [1.165, 1.54) is 6.21 Å². The van der Waals surface area contributed by atoms with E-state index in [4.69, 9.17) is 16.3 Å². The van der Waals surface area contributed by atoms with Crippen LogP contribution in [0.3, 0.4) is 0 Å². The van der Waals surface area contributed by atoms with Gasteiger partial charge in [0.2, 0.25) is 0 Å². The second-order valence-corrected chi connectivity index (χ2v) is 6.27. The third-order valence-corrected chi connectivity index (χ3v) is 4.26. The fraction of sp³-hybridized carbons (Fsp3) is 0.211. The molecule has 0 fully saturated rings. The molecule has 26 heavy (non-hydrogen) atoms. The molecular weight excluding hydrogens is 354 g/mol. The quantitative estimate of drug-likeness (QED) is 0.698. The third kappa shape index (κ3) is 3.70. The van der Waals surface area contributed by atoms with Crippen LogP contribution in [0.2, 0.25) is 5.02 Å². The fourth-order valence-corrected chi connectivity index (χ4v) is 2.61. The van der Waals surface area contributed by atoms with Crippen LogP contribution in [0.5, 0.6) is 5.75 Å². The summed E-state index contributed by atoms with van der Waals surface area (Å²) in [6, 6.07) is 11.9. The van der Waals surface area contributed by atoms with E-state index in [9.17, 15) is 9.59 Å². The molecule has 0 radical (unpaired) electrons. The maximum atomic E-state index is 12.4. The highest BCUT2D eigenvalue weighted by Gasteiger charge is 2.08. The number of rotatable bonds is 5. The van der Waals surface area contributed by atoms with Gasteiger partial charge >= 0.3 is 5.69 Å². The number of aromatic amines is 1. The standard InChI is InChI=1S/C19H18ClN3O3/c1-3-12(2)26-17-9-8-13(10-15(17)20)11-21-23-18(24)14-6-4-5-7-16(14)22-19(23)25/h4-12H,3H2,1-2H3,(H,22,25). The molecule has 1 N–H and O–H groups in total. The number of nitrogens with zero attached hydrogens (tertiary/aromatic N) is 2. The van der Waals surface area contributed by atoms with Crippen LogP contribution in [0.1, 0.15) is 25.8 Å². The first-order chi connectivity index (χ1) is 12.5. The number of aromatic nitrogens is 2. The molecule has 1 heterocycles. The van der Waals surface area contributed by atoms with Gasteiger partial charge in [-0.2, -0.15) is 5.10 Å². The van der Waals surface area contributed by atoms with Gasteiger partial charge in [-0.15, -0.1) is 4.68 Å². The maximum Gasteiger partial charge on any atom is 0.349 e. The Morgan fingerprint density at radius 2 is 2.04 bits per heavy atom. The fourth-order valence-electron chi connectivity index (χ4n) is 2.38. The first-order valence-electron chi connectivity index (χ1n) is 8.24. The van der Waals surface area contributed by atoms with E-state index >= 15 is 0 Å². The summed E-state index contributed by atoms with van der Waals surface area (Å²) < 4.78 is 6.50. The van der Waals surface area contributed by atoms with Crippen molar-refractivity contribution in [3.8, 4) is 5.75 Å². The summed E-state index contributed by atoms with van der Waals surface area (Å²) in [4.78, 5) is 27.2. The van der Waals surface area contributed by atoms with Gasteiger partial charge in [0.05, 0.1) is 28.2 Å². The van der Waals surface area contributed by atoms with Gasteiger partial charge < -0.3 is 9.72 Å². The van der Waals surface area contributed by atoms with Crippen LogP contribution in [0.25, 0.3) is 10.9 Å². The van der Waals surface area contributed by atoms with Gasteiger partial charge in [-0.05, 0) is 49.2 Å². The molecule has 0 spiro atoms. The third-order valence-electron chi connectivity index (χ3n) is 3.97. The summed E-state index contributed by atoms with van der Waals surface area (Å²) in [5.41, 5.74) is 0.0330. The van der Waals surface area contributed by atoms with Gasteiger partial charge in [0, 0.05) is 0 Å². The van der Waals surface area contributed by atoms with Crippen LogP contribution >= 0.6 is 11.6 Å². The number of nitrogens with one attached hydrogen (secondary N) is 1. The minimum absolute atomic E-state index is 0.0572. The number of H-pyrrole nitrogens is 1. The smallest absolute Gasteiger partial charge is 0.349 e. The molecule has 7 heteroatoms. The molecule has 1 unspecified atom stereocenters. The highest BCUT2D eigenvalue weighted by molar-refractivity contribution is 6.32. The van der Waals surface area contributed by atoms with Crippen molar-refractivity contribution >= 4 is 28.7 Å². The Morgan fingerprint density at radius 1 is 1.27 bits per heavy atom. The maximum absolute atomic E-state index is 12.4. The predicted octanol–water partition coefficient (Wildman–Crippen LogP) is 3.40. The van der Waals surface area contributed by atoms with E-state index in [1.54, 1.807) is 42.5 Å². The van der Waals surface area contributed by atoms with Crippen LogP contribution in [0.15, 0.2) is 57.2 Å². The molecule has 134 valence electrons. The van der Waals surface area contributed by atoms with E-state index in [0.717, 1.165) is 11.1 Å². The number of fused-ring (bicyclic) bond motifs is 1. The molecule has 6 nitrogen and oxygen atoms in total. The Bertz CT molecular complexity index is 1090. The summed E-state index contributed by atoms with van der Waals surface area (Å²) in [6.45, 7) is 3.99. The number of para-hydroxylation sites is 1. The topological polar surface area (TPSA) is 76.5 Å². The van der Waals surface area contributed by atoms with Crippen LogP contribution in [-0.2, 0) is 0 Å². The molecule has 1 aromatic heterocycles. The van der Waals surface area contributed by atoms with E-state index in [2.05, 4.69) is 10.1 Å². The van der Waals surface area contributed by atoms with Crippen LogP contribution < -0.4 is 16.0 Å². The molecular formula is C19H18ClN3O3. The predicted molar refractivity (Wildman–Crippen MR) is 104 cm³/mol. The molecule has 0 saturated carbocycles. The van der Waals surface area contributed by atoms with Gasteiger partial charge in [0.15, 0.2) is 0 Å². The Balaban J connectivity index is 1.93.